The Morgan fingerprint density at radius 2 is 2.10 bits per heavy atom. The van der Waals surface area contributed by atoms with Crippen molar-refractivity contribution in [2.45, 2.75) is 19.9 Å². The van der Waals surface area contributed by atoms with Crippen LogP contribution in [0.15, 0.2) is 35.7 Å². The van der Waals surface area contributed by atoms with Gasteiger partial charge in [-0.1, -0.05) is 19.9 Å². The molecular weight excluding hydrogens is 277 g/mol. The average Bonchev–Trinajstić information content (AvgIpc) is 2.90. The lowest BCUT2D eigenvalue weighted by atomic mass is 10.0. The van der Waals surface area contributed by atoms with E-state index in [1.807, 2.05) is 17.5 Å². The maximum Gasteiger partial charge on any atom is 0.338 e. The van der Waals surface area contributed by atoms with E-state index in [4.69, 9.17) is 5.11 Å². The molecule has 0 aliphatic heterocycles. The van der Waals surface area contributed by atoms with E-state index in [1.54, 1.807) is 17.4 Å². The summed E-state index contributed by atoms with van der Waals surface area (Å²) in [7, 11) is 0. The number of aromatic carboxylic acids is 1. The van der Waals surface area contributed by atoms with E-state index in [-0.39, 0.29) is 11.6 Å². The zero-order chi connectivity index (χ0) is 14.7. The number of anilines is 1. The number of hydrogen-bond acceptors (Lipinski definition) is 3. The van der Waals surface area contributed by atoms with Gasteiger partial charge in [-0.3, -0.25) is 0 Å². The molecule has 3 nitrogen and oxygen atoms in total. The highest BCUT2D eigenvalue weighted by Crippen LogP contribution is 2.30. The zero-order valence-electron chi connectivity index (χ0n) is 11.3. The van der Waals surface area contributed by atoms with Crippen molar-refractivity contribution >= 4 is 23.0 Å². The number of halogens is 1. The highest BCUT2D eigenvalue weighted by Gasteiger charge is 2.18. The Kier molecular flexibility index (Phi) is 4.39. The fourth-order valence-corrected chi connectivity index (χ4v) is 2.94. The molecule has 0 fully saturated rings. The van der Waals surface area contributed by atoms with Gasteiger partial charge in [0.05, 0.1) is 11.6 Å². The number of carboxylic acid groups (broad SMARTS) is 1. The Balaban J connectivity index is 2.28. The summed E-state index contributed by atoms with van der Waals surface area (Å²) in [6.45, 7) is 4.16. The van der Waals surface area contributed by atoms with Crippen LogP contribution in [0.5, 0.6) is 0 Å². The van der Waals surface area contributed by atoms with E-state index < -0.39 is 11.8 Å². The van der Waals surface area contributed by atoms with Crippen molar-refractivity contribution in [2.24, 2.45) is 5.92 Å². The molecule has 0 bridgehead atoms. The standard InChI is InChI=1S/C15H16FNO2S/c1-9(2)14(13-4-3-7-20-13)17-10-5-6-12(16)11(8-10)15(18)19/h3-9,14,17H,1-2H3,(H,18,19). The summed E-state index contributed by atoms with van der Waals surface area (Å²) >= 11 is 1.64. The van der Waals surface area contributed by atoms with Gasteiger partial charge in [0, 0.05) is 10.6 Å². The van der Waals surface area contributed by atoms with E-state index in [0.717, 1.165) is 0 Å². The third-order valence-electron chi connectivity index (χ3n) is 3.04. The van der Waals surface area contributed by atoms with Crippen molar-refractivity contribution in [3.05, 3.63) is 52.0 Å². The van der Waals surface area contributed by atoms with Crippen molar-refractivity contribution in [2.75, 3.05) is 5.32 Å². The molecule has 0 saturated carbocycles. The highest BCUT2D eigenvalue weighted by atomic mass is 32.1. The quantitative estimate of drug-likeness (QED) is 0.859. The molecular formula is C15H16FNO2S. The minimum Gasteiger partial charge on any atom is -0.478 e. The summed E-state index contributed by atoms with van der Waals surface area (Å²) in [5.41, 5.74) is 0.291. The lowest BCUT2D eigenvalue weighted by Crippen LogP contribution is -2.16. The Morgan fingerprint density at radius 1 is 1.35 bits per heavy atom. The number of benzene rings is 1. The smallest absolute Gasteiger partial charge is 0.338 e. The van der Waals surface area contributed by atoms with Gasteiger partial charge in [0.25, 0.3) is 0 Å². The molecule has 106 valence electrons. The van der Waals surface area contributed by atoms with E-state index in [2.05, 4.69) is 19.2 Å². The van der Waals surface area contributed by atoms with E-state index >= 15 is 0 Å². The fourth-order valence-electron chi connectivity index (χ4n) is 1.99. The number of carbonyl (C=O) groups is 1. The molecule has 1 unspecified atom stereocenters. The minimum atomic E-state index is -1.26. The second-order valence-corrected chi connectivity index (χ2v) is 5.86. The molecule has 2 N–H and O–H groups in total. The van der Waals surface area contributed by atoms with Gasteiger partial charge in [0.15, 0.2) is 0 Å². The molecule has 0 aliphatic carbocycles. The molecule has 0 aliphatic rings. The lowest BCUT2D eigenvalue weighted by molar-refractivity contribution is 0.0692. The SMILES string of the molecule is CC(C)C(Nc1ccc(F)c(C(=O)O)c1)c1cccs1. The van der Waals surface area contributed by atoms with Crippen LogP contribution >= 0.6 is 11.3 Å². The number of rotatable bonds is 5. The fraction of sp³-hybridized carbons (Fsp3) is 0.267. The van der Waals surface area contributed by atoms with Crippen LogP contribution in [-0.2, 0) is 0 Å². The van der Waals surface area contributed by atoms with Crippen LogP contribution < -0.4 is 5.32 Å². The van der Waals surface area contributed by atoms with E-state index in [0.29, 0.717) is 11.6 Å². The molecule has 2 rings (SSSR count). The molecule has 0 radical (unpaired) electrons. The third kappa shape index (κ3) is 3.17. The summed E-state index contributed by atoms with van der Waals surface area (Å²) in [5, 5.41) is 14.2. The Bertz CT molecular complexity index is 596. The van der Waals surface area contributed by atoms with Gasteiger partial charge in [-0.25, -0.2) is 9.18 Å². The second kappa shape index (κ2) is 6.05. The predicted molar refractivity (Wildman–Crippen MR) is 78.9 cm³/mol. The topological polar surface area (TPSA) is 49.3 Å². The molecule has 1 aromatic carbocycles. The molecule has 20 heavy (non-hydrogen) atoms. The van der Waals surface area contributed by atoms with Crippen LogP contribution in [0.2, 0.25) is 0 Å². The highest BCUT2D eigenvalue weighted by molar-refractivity contribution is 7.10. The van der Waals surface area contributed by atoms with Crippen molar-refractivity contribution in [3.8, 4) is 0 Å². The first-order chi connectivity index (χ1) is 9.49. The Hall–Kier alpha value is -1.88. The summed E-state index contributed by atoms with van der Waals surface area (Å²) < 4.78 is 13.4. The number of thiophene rings is 1. The molecule has 5 heteroatoms. The first-order valence-electron chi connectivity index (χ1n) is 6.32. The van der Waals surface area contributed by atoms with Crippen molar-refractivity contribution in [1.29, 1.82) is 0 Å². The summed E-state index contributed by atoms with van der Waals surface area (Å²) in [5.74, 6) is -1.66. The number of carboxylic acids is 1. The van der Waals surface area contributed by atoms with Gasteiger partial charge < -0.3 is 10.4 Å². The number of hydrogen-bond donors (Lipinski definition) is 2. The molecule has 1 heterocycles. The van der Waals surface area contributed by atoms with Crippen LogP contribution in [0.3, 0.4) is 0 Å². The average molecular weight is 293 g/mol. The molecule has 0 saturated heterocycles. The summed E-state index contributed by atoms with van der Waals surface area (Å²) in [6, 6.07) is 8.15. The van der Waals surface area contributed by atoms with Crippen LogP contribution in [-0.4, -0.2) is 11.1 Å². The molecule has 2 aromatic rings. The van der Waals surface area contributed by atoms with E-state index in [1.165, 1.54) is 17.0 Å². The lowest BCUT2D eigenvalue weighted by Gasteiger charge is -2.22. The maximum absolute atomic E-state index is 13.4. The van der Waals surface area contributed by atoms with Gasteiger partial charge in [-0.05, 0) is 35.6 Å². The van der Waals surface area contributed by atoms with Crippen LogP contribution in [0, 0.1) is 11.7 Å². The third-order valence-corrected chi connectivity index (χ3v) is 3.99. The first-order valence-corrected chi connectivity index (χ1v) is 7.19. The van der Waals surface area contributed by atoms with Crippen LogP contribution in [0.1, 0.15) is 35.1 Å². The van der Waals surface area contributed by atoms with Crippen LogP contribution in [0.4, 0.5) is 10.1 Å². The normalized spacial score (nSPS) is 12.4. The summed E-state index contributed by atoms with van der Waals surface area (Å²) in [4.78, 5) is 12.1. The van der Waals surface area contributed by atoms with Gasteiger partial charge in [0.2, 0.25) is 0 Å². The van der Waals surface area contributed by atoms with Crippen molar-refractivity contribution < 1.29 is 14.3 Å². The first kappa shape index (κ1) is 14.5. The maximum atomic E-state index is 13.4. The summed E-state index contributed by atoms with van der Waals surface area (Å²) in [6.07, 6.45) is 0. The number of nitrogens with one attached hydrogen (secondary N) is 1. The largest absolute Gasteiger partial charge is 0.478 e. The molecule has 0 amide bonds. The van der Waals surface area contributed by atoms with Gasteiger partial charge >= 0.3 is 5.97 Å². The van der Waals surface area contributed by atoms with Crippen molar-refractivity contribution in [1.82, 2.24) is 0 Å². The molecule has 1 aromatic heterocycles. The zero-order valence-corrected chi connectivity index (χ0v) is 12.1. The second-order valence-electron chi connectivity index (χ2n) is 4.88. The Morgan fingerprint density at radius 3 is 2.65 bits per heavy atom. The van der Waals surface area contributed by atoms with E-state index in [9.17, 15) is 9.18 Å². The monoisotopic (exact) mass is 293 g/mol. The molecule has 1 atom stereocenters. The molecule has 0 spiro atoms. The minimum absolute atomic E-state index is 0.0714. The Labute approximate surface area is 121 Å². The predicted octanol–water partition coefficient (Wildman–Crippen LogP) is 4.39. The van der Waals surface area contributed by atoms with Gasteiger partial charge in [-0.2, -0.15) is 0 Å². The van der Waals surface area contributed by atoms with Gasteiger partial charge in [-0.15, -0.1) is 11.3 Å². The van der Waals surface area contributed by atoms with Crippen molar-refractivity contribution in [3.63, 3.8) is 0 Å². The van der Waals surface area contributed by atoms with Crippen LogP contribution in [0.25, 0.3) is 0 Å². The van der Waals surface area contributed by atoms with Gasteiger partial charge in [0.1, 0.15) is 5.82 Å².